The highest BCUT2D eigenvalue weighted by molar-refractivity contribution is 4.81. The molecule has 0 aliphatic heterocycles. The van der Waals surface area contributed by atoms with Crippen LogP contribution in [-0.4, -0.2) is 31.4 Å². The van der Waals surface area contributed by atoms with Crippen molar-refractivity contribution in [1.82, 2.24) is 0 Å². The molecule has 3 unspecified atom stereocenters. The van der Waals surface area contributed by atoms with E-state index in [9.17, 15) is 22.0 Å². The summed E-state index contributed by atoms with van der Waals surface area (Å²) < 4.78 is 60.8. The van der Waals surface area contributed by atoms with Gasteiger partial charge in [0.25, 0.3) is 0 Å². The van der Waals surface area contributed by atoms with Crippen molar-refractivity contribution in [2.45, 2.75) is 38.0 Å². The summed E-state index contributed by atoms with van der Waals surface area (Å²) in [6.07, 6.45) is -10.2. The minimum absolute atomic E-state index is 0.249. The maximum atomic E-state index is 12.5. The monoisotopic (exact) mass is 190 g/mol. The molecule has 0 saturated heterocycles. The first-order valence-corrected chi connectivity index (χ1v) is 3.66. The Balaban J connectivity index is 3.99. The second-order valence-corrected chi connectivity index (χ2v) is 2.48. The molecule has 0 nitrogen and oxygen atoms in total. The van der Waals surface area contributed by atoms with Crippen molar-refractivity contribution in [2.24, 2.45) is 0 Å². The molecule has 0 aromatic heterocycles. The van der Waals surface area contributed by atoms with Crippen LogP contribution in [0.25, 0.3) is 0 Å². The van der Waals surface area contributed by atoms with Gasteiger partial charge in [-0.1, -0.05) is 6.92 Å². The fraction of sp³-hybridized carbons (Fsp3) is 1.00. The first-order chi connectivity index (χ1) is 5.54. The fourth-order valence-electron chi connectivity index (χ4n) is 0.709. The summed E-state index contributed by atoms with van der Waals surface area (Å²) in [6.45, 7) is -0.329. The molecule has 0 aromatic carbocycles. The minimum atomic E-state index is -2.70. The molecule has 0 heterocycles. The van der Waals surface area contributed by atoms with Gasteiger partial charge in [-0.05, 0) is 6.42 Å². The average Bonchev–Trinajstić information content (AvgIpc) is 2.12. The van der Waals surface area contributed by atoms with Crippen LogP contribution in [0.2, 0.25) is 0 Å². The van der Waals surface area contributed by atoms with E-state index < -0.39 is 31.4 Å². The summed E-state index contributed by atoms with van der Waals surface area (Å²) in [4.78, 5) is 0. The second-order valence-electron chi connectivity index (χ2n) is 2.48. The number of hydrogen-bond donors (Lipinski definition) is 0. The van der Waals surface area contributed by atoms with Gasteiger partial charge in [0.05, 0.1) is 0 Å². The molecule has 4 atom stereocenters. The molecule has 5 heteroatoms. The highest BCUT2D eigenvalue weighted by Gasteiger charge is 2.35. The Morgan fingerprint density at radius 2 is 1.33 bits per heavy atom. The van der Waals surface area contributed by atoms with Gasteiger partial charge in [0.1, 0.15) is 12.8 Å². The van der Waals surface area contributed by atoms with Crippen LogP contribution in [0.5, 0.6) is 0 Å². The van der Waals surface area contributed by atoms with Crippen LogP contribution >= 0.6 is 0 Å². The Morgan fingerprint density at radius 1 is 0.917 bits per heavy atom. The van der Waals surface area contributed by atoms with Crippen molar-refractivity contribution in [3.05, 3.63) is 0 Å². The lowest BCUT2D eigenvalue weighted by atomic mass is 10.1. The van der Waals surface area contributed by atoms with E-state index in [1.165, 1.54) is 6.92 Å². The van der Waals surface area contributed by atoms with E-state index in [4.69, 9.17) is 0 Å². The minimum Gasteiger partial charge on any atom is -0.248 e. The van der Waals surface area contributed by atoms with E-state index in [2.05, 4.69) is 0 Å². The molecule has 0 bridgehead atoms. The molecule has 0 N–H and O–H groups in total. The summed E-state index contributed by atoms with van der Waals surface area (Å²) in [5, 5.41) is 0. The molecule has 0 radical (unpaired) electrons. The van der Waals surface area contributed by atoms with Gasteiger partial charge >= 0.3 is 0 Å². The molecular formula is C7H11F5. The molecule has 0 aromatic rings. The van der Waals surface area contributed by atoms with Crippen molar-refractivity contribution >= 4 is 0 Å². The van der Waals surface area contributed by atoms with Gasteiger partial charge in [-0.25, -0.2) is 22.0 Å². The van der Waals surface area contributed by atoms with Crippen LogP contribution in [0, 0.1) is 0 Å². The van der Waals surface area contributed by atoms with Gasteiger partial charge in [0.2, 0.25) is 0 Å². The Hall–Kier alpha value is -0.350. The summed E-state index contributed by atoms with van der Waals surface area (Å²) in [7, 11) is 0. The van der Waals surface area contributed by atoms with Crippen LogP contribution in [0.1, 0.15) is 13.3 Å². The fourth-order valence-corrected chi connectivity index (χ4v) is 0.709. The van der Waals surface area contributed by atoms with Gasteiger partial charge in [-0.15, -0.1) is 0 Å². The quantitative estimate of drug-likeness (QED) is 0.585. The predicted molar refractivity (Wildman–Crippen MR) is 35.8 cm³/mol. The lowest BCUT2D eigenvalue weighted by molar-refractivity contribution is 0.0232. The lowest BCUT2D eigenvalue weighted by Crippen LogP contribution is -2.35. The Labute approximate surface area is 67.8 Å². The predicted octanol–water partition coefficient (Wildman–Crippen LogP) is 2.72. The molecule has 12 heavy (non-hydrogen) atoms. The van der Waals surface area contributed by atoms with Crippen LogP contribution in [0.3, 0.4) is 0 Å². The first-order valence-electron chi connectivity index (χ1n) is 3.66. The molecule has 0 aliphatic rings. The normalized spacial score (nSPS) is 21.5. The first kappa shape index (κ1) is 11.6. The third kappa shape index (κ3) is 2.95. The zero-order valence-electron chi connectivity index (χ0n) is 6.61. The van der Waals surface area contributed by atoms with Gasteiger partial charge in [0.15, 0.2) is 18.5 Å². The zero-order valence-corrected chi connectivity index (χ0v) is 6.61. The highest BCUT2D eigenvalue weighted by atomic mass is 19.2. The van der Waals surface area contributed by atoms with Gasteiger partial charge < -0.3 is 0 Å². The zero-order chi connectivity index (χ0) is 9.72. The SMILES string of the molecule is CCC(F)C(F)[C@@H](F)C(F)CF. The third-order valence-electron chi connectivity index (χ3n) is 1.53. The number of hydrogen-bond acceptors (Lipinski definition) is 0. The summed E-state index contributed by atoms with van der Waals surface area (Å²) in [5.74, 6) is 0. The lowest BCUT2D eigenvalue weighted by Gasteiger charge is -2.17. The second kappa shape index (κ2) is 5.32. The highest BCUT2D eigenvalue weighted by Crippen LogP contribution is 2.19. The topological polar surface area (TPSA) is 0 Å². The summed E-state index contributed by atoms with van der Waals surface area (Å²) in [5.41, 5.74) is 0. The Bertz CT molecular complexity index is 104. The van der Waals surface area contributed by atoms with Crippen LogP contribution in [0.15, 0.2) is 0 Å². The Morgan fingerprint density at radius 3 is 1.67 bits per heavy atom. The largest absolute Gasteiger partial charge is 0.248 e. The van der Waals surface area contributed by atoms with E-state index >= 15 is 0 Å². The smallest absolute Gasteiger partial charge is 0.168 e. The molecule has 0 rings (SSSR count). The van der Waals surface area contributed by atoms with Gasteiger partial charge in [0, 0.05) is 0 Å². The maximum Gasteiger partial charge on any atom is 0.168 e. The van der Waals surface area contributed by atoms with Crippen molar-refractivity contribution in [3.63, 3.8) is 0 Å². The maximum absolute atomic E-state index is 12.5. The van der Waals surface area contributed by atoms with E-state index in [0.717, 1.165) is 0 Å². The van der Waals surface area contributed by atoms with Gasteiger partial charge in [-0.2, -0.15) is 0 Å². The molecular weight excluding hydrogens is 179 g/mol. The molecule has 0 amide bonds. The molecule has 0 fully saturated rings. The Kier molecular flexibility index (Phi) is 5.17. The van der Waals surface area contributed by atoms with Gasteiger partial charge in [-0.3, -0.25) is 0 Å². The van der Waals surface area contributed by atoms with Crippen molar-refractivity contribution in [2.75, 3.05) is 6.67 Å². The van der Waals surface area contributed by atoms with E-state index in [-0.39, 0.29) is 6.42 Å². The van der Waals surface area contributed by atoms with Crippen molar-refractivity contribution < 1.29 is 22.0 Å². The van der Waals surface area contributed by atoms with Crippen LogP contribution < -0.4 is 0 Å². The van der Waals surface area contributed by atoms with Crippen molar-refractivity contribution in [3.8, 4) is 0 Å². The number of halogens is 5. The van der Waals surface area contributed by atoms with Crippen molar-refractivity contribution in [1.29, 1.82) is 0 Å². The molecule has 74 valence electrons. The summed E-state index contributed by atoms with van der Waals surface area (Å²) in [6, 6.07) is 0. The van der Waals surface area contributed by atoms with E-state index in [1.54, 1.807) is 0 Å². The standard InChI is InChI=1S/C7H11F5/c1-2-4(9)6(11)7(12)5(10)3-8/h4-7H,2-3H2,1H3/t4?,5?,6?,7-/m0/s1. The van der Waals surface area contributed by atoms with E-state index in [0.29, 0.717) is 0 Å². The number of rotatable bonds is 5. The molecule has 0 aliphatic carbocycles. The number of alkyl halides is 5. The molecule has 0 spiro atoms. The van der Waals surface area contributed by atoms with Crippen LogP contribution in [-0.2, 0) is 0 Å². The van der Waals surface area contributed by atoms with E-state index in [1.807, 2.05) is 0 Å². The van der Waals surface area contributed by atoms with Crippen LogP contribution in [0.4, 0.5) is 22.0 Å². The third-order valence-corrected chi connectivity index (χ3v) is 1.53. The average molecular weight is 190 g/mol. The summed E-state index contributed by atoms with van der Waals surface area (Å²) >= 11 is 0. The molecule has 0 saturated carbocycles.